The highest BCUT2D eigenvalue weighted by Crippen LogP contribution is 2.19. The van der Waals surface area contributed by atoms with Crippen molar-refractivity contribution in [3.05, 3.63) is 29.8 Å². The van der Waals surface area contributed by atoms with Gasteiger partial charge in [0.15, 0.2) is 6.23 Å². The summed E-state index contributed by atoms with van der Waals surface area (Å²) in [4.78, 5) is 11.5. The predicted octanol–water partition coefficient (Wildman–Crippen LogP) is 2.22. The number of hydrogen-bond acceptors (Lipinski definition) is 3. The summed E-state index contributed by atoms with van der Waals surface area (Å²) in [7, 11) is 0. The Morgan fingerprint density at radius 3 is 2.45 bits per heavy atom. The van der Waals surface area contributed by atoms with Crippen molar-refractivity contribution < 1.29 is 14.6 Å². The molecule has 0 aliphatic heterocycles. The van der Waals surface area contributed by atoms with Gasteiger partial charge in [0.25, 0.3) is 0 Å². The van der Waals surface area contributed by atoms with Crippen molar-refractivity contribution in [3.8, 4) is 5.75 Å². The van der Waals surface area contributed by atoms with Crippen LogP contribution in [-0.2, 0) is 0 Å². The molecule has 0 spiro atoms. The van der Waals surface area contributed by atoms with Gasteiger partial charge < -0.3 is 20.5 Å². The van der Waals surface area contributed by atoms with Crippen LogP contribution in [0.1, 0.15) is 38.7 Å². The van der Waals surface area contributed by atoms with Crippen molar-refractivity contribution in [3.63, 3.8) is 0 Å². The molecular formula is C15H24N2O3. The van der Waals surface area contributed by atoms with Gasteiger partial charge in [-0.05, 0) is 37.0 Å². The summed E-state index contributed by atoms with van der Waals surface area (Å²) in [5.74, 6) is 1.20. The zero-order valence-corrected chi connectivity index (χ0v) is 12.3. The topological polar surface area (TPSA) is 70.6 Å². The second-order valence-corrected chi connectivity index (χ2v) is 4.96. The molecule has 1 atom stereocenters. The van der Waals surface area contributed by atoms with Crippen LogP contribution in [0.25, 0.3) is 0 Å². The molecule has 0 fully saturated rings. The summed E-state index contributed by atoms with van der Waals surface area (Å²) in [6.45, 7) is 6.54. The van der Waals surface area contributed by atoms with Crippen LogP contribution in [0.15, 0.2) is 24.3 Å². The number of carbonyl (C=O) groups excluding carboxylic acids is 1. The fourth-order valence-electron chi connectivity index (χ4n) is 1.68. The Kier molecular flexibility index (Phi) is 6.87. The first kappa shape index (κ1) is 16.3. The van der Waals surface area contributed by atoms with Crippen molar-refractivity contribution in [2.24, 2.45) is 0 Å². The fraction of sp³-hybridized carbons (Fsp3) is 0.533. The highest BCUT2D eigenvalue weighted by molar-refractivity contribution is 5.73. The van der Waals surface area contributed by atoms with E-state index in [9.17, 15) is 4.79 Å². The van der Waals surface area contributed by atoms with Crippen LogP contribution in [0.4, 0.5) is 4.79 Å². The Bertz CT molecular complexity index is 404. The van der Waals surface area contributed by atoms with Gasteiger partial charge in [-0.3, -0.25) is 0 Å². The summed E-state index contributed by atoms with van der Waals surface area (Å²) in [6, 6.07) is 7.54. The number of benzene rings is 1. The molecule has 1 aromatic carbocycles. The van der Waals surface area contributed by atoms with E-state index in [1.54, 1.807) is 6.92 Å². The quantitative estimate of drug-likeness (QED) is 0.530. The second kappa shape index (κ2) is 8.43. The molecule has 0 saturated carbocycles. The molecule has 0 saturated heterocycles. The van der Waals surface area contributed by atoms with E-state index in [0.29, 0.717) is 18.9 Å². The Labute approximate surface area is 120 Å². The van der Waals surface area contributed by atoms with Gasteiger partial charge in [0.05, 0.1) is 0 Å². The second-order valence-electron chi connectivity index (χ2n) is 4.96. The fourth-order valence-corrected chi connectivity index (χ4v) is 1.68. The number of amides is 2. The first-order valence-electron chi connectivity index (χ1n) is 6.94. The number of aliphatic hydroxyl groups excluding tert-OH is 1. The van der Waals surface area contributed by atoms with E-state index in [1.165, 1.54) is 5.56 Å². The molecular weight excluding hydrogens is 256 g/mol. The van der Waals surface area contributed by atoms with Crippen molar-refractivity contribution in [1.29, 1.82) is 0 Å². The largest absolute Gasteiger partial charge is 0.471 e. The van der Waals surface area contributed by atoms with E-state index in [1.807, 2.05) is 24.3 Å². The highest BCUT2D eigenvalue weighted by atomic mass is 16.5. The van der Waals surface area contributed by atoms with Gasteiger partial charge >= 0.3 is 6.03 Å². The van der Waals surface area contributed by atoms with Crippen LogP contribution in [0, 0.1) is 0 Å². The summed E-state index contributed by atoms with van der Waals surface area (Å²) in [5.41, 5.74) is 1.25. The molecule has 3 N–H and O–H groups in total. The smallest absolute Gasteiger partial charge is 0.317 e. The normalized spacial score (nSPS) is 12.1. The van der Waals surface area contributed by atoms with E-state index in [4.69, 9.17) is 9.84 Å². The van der Waals surface area contributed by atoms with E-state index in [0.717, 1.165) is 5.75 Å². The van der Waals surface area contributed by atoms with Crippen molar-refractivity contribution in [2.75, 3.05) is 13.2 Å². The average Bonchev–Trinajstić information content (AvgIpc) is 2.39. The number of ether oxygens (including phenoxy) is 1. The van der Waals surface area contributed by atoms with Crippen molar-refractivity contribution in [1.82, 2.24) is 10.6 Å². The summed E-state index contributed by atoms with van der Waals surface area (Å²) in [5, 5.41) is 13.9. The SMILES string of the molecule is CC(NC(=O)NCCCO)Oc1ccc(C(C)C)cc1. The maximum absolute atomic E-state index is 11.5. The third kappa shape index (κ3) is 5.93. The van der Waals surface area contributed by atoms with Gasteiger partial charge in [0.1, 0.15) is 5.75 Å². The lowest BCUT2D eigenvalue weighted by Crippen LogP contribution is -2.43. The third-order valence-electron chi connectivity index (χ3n) is 2.81. The van der Waals surface area contributed by atoms with E-state index in [2.05, 4.69) is 24.5 Å². The molecule has 0 heterocycles. The van der Waals surface area contributed by atoms with E-state index < -0.39 is 6.23 Å². The molecule has 2 amide bonds. The molecule has 0 aliphatic rings. The Balaban J connectivity index is 2.37. The number of rotatable bonds is 7. The summed E-state index contributed by atoms with van der Waals surface area (Å²) in [6.07, 6.45) is 0.119. The number of nitrogens with one attached hydrogen (secondary N) is 2. The van der Waals surface area contributed by atoms with Crippen LogP contribution < -0.4 is 15.4 Å². The van der Waals surface area contributed by atoms with Gasteiger partial charge in [-0.25, -0.2) is 4.79 Å². The third-order valence-corrected chi connectivity index (χ3v) is 2.81. The van der Waals surface area contributed by atoms with Crippen LogP contribution in [0.3, 0.4) is 0 Å². The molecule has 0 bridgehead atoms. The molecule has 1 unspecified atom stereocenters. The molecule has 5 heteroatoms. The zero-order valence-electron chi connectivity index (χ0n) is 12.3. The minimum absolute atomic E-state index is 0.0640. The predicted molar refractivity (Wildman–Crippen MR) is 78.9 cm³/mol. The average molecular weight is 280 g/mol. The molecule has 1 rings (SSSR count). The summed E-state index contributed by atoms with van der Waals surface area (Å²) >= 11 is 0. The molecule has 0 aromatic heterocycles. The van der Waals surface area contributed by atoms with Gasteiger partial charge in [0, 0.05) is 13.2 Å². The van der Waals surface area contributed by atoms with Gasteiger partial charge in [-0.1, -0.05) is 26.0 Å². The van der Waals surface area contributed by atoms with Crippen LogP contribution in [-0.4, -0.2) is 30.5 Å². The first-order chi connectivity index (χ1) is 9.52. The minimum atomic E-state index is -0.422. The number of hydrogen-bond donors (Lipinski definition) is 3. The van der Waals surface area contributed by atoms with Gasteiger partial charge in [-0.2, -0.15) is 0 Å². The lowest BCUT2D eigenvalue weighted by atomic mass is 10.0. The van der Waals surface area contributed by atoms with Crippen molar-refractivity contribution in [2.45, 2.75) is 39.3 Å². The first-order valence-corrected chi connectivity index (χ1v) is 6.94. The molecule has 5 nitrogen and oxygen atoms in total. The summed E-state index contributed by atoms with van der Waals surface area (Å²) < 4.78 is 5.60. The number of urea groups is 1. The molecule has 1 aromatic rings. The number of aliphatic hydroxyl groups is 1. The minimum Gasteiger partial charge on any atom is -0.471 e. The Morgan fingerprint density at radius 1 is 1.25 bits per heavy atom. The van der Waals surface area contributed by atoms with Crippen LogP contribution >= 0.6 is 0 Å². The van der Waals surface area contributed by atoms with Crippen LogP contribution in [0.5, 0.6) is 5.75 Å². The maximum Gasteiger partial charge on any atom is 0.317 e. The zero-order chi connectivity index (χ0) is 15.0. The van der Waals surface area contributed by atoms with Gasteiger partial charge in [0.2, 0.25) is 0 Å². The van der Waals surface area contributed by atoms with E-state index in [-0.39, 0.29) is 12.6 Å². The molecule has 20 heavy (non-hydrogen) atoms. The standard InChI is InChI=1S/C15H24N2O3/c1-11(2)13-5-7-14(8-6-13)20-12(3)17-15(19)16-9-4-10-18/h5-8,11-12,18H,4,9-10H2,1-3H3,(H2,16,17,19). The number of carbonyl (C=O) groups is 1. The molecule has 0 radical (unpaired) electrons. The van der Waals surface area contributed by atoms with Crippen LogP contribution in [0.2, 0.25) is 0 Å². The van der Waals surface area contributed by atoms with Crippen molar-refractivity contribution >= 4 is 6.03 Å². The Hall–Kier alpha value is -1.75. The lowest BCUT2D eigenvalue weighted by molar-refractivity contribution is 0.176. The lowest BCUT2D eigenvalue weighted by Gasteiger charge is -2.17. The molecule has 0 aliphatic carbocycles. The maximum atomic E-state index is 11.5. The van der Waals surface area contributed by atoms with Gasteiger partial charge in [-0.15, -0.1) is 0 Å². The molecule has 112 valence electrons. The van der Waals surface area contributed by atoms with E-state index >= 15 is 0 Å². The Morgan fingerprint density at radius 2 is 1.90 bits per heavy atom. The highest BCUT2D eigenvalue weighted by Gasteiger charge is 2.08. The monoisotopic (exact) mass is 280 g/mol.